The first-order valence-electron chi connectivity index (χ1n) is 8.06. The Hall–Kier alpha value is -0.740. The van der Waals surface area contributed by atoms with Gasteiger partial charge in [0.25, 0.3) is 6.08 Å². The average molecular weight is 300 g/mol. The van der Waals surface area contributed by atoms with E-state index in [1.807, 2.05) is 6.92 Å². The quantitative estimate of drug-likeness (QED) is 0.671. The van der Waals surface area contributed by atoms with Crippen LogP contribution in [0.5, 0.6) is 0 Å². The van der Waals surface area contributed by atoms with Crippen molar-refractivity contribution in [3.05, 3.63) is 24.3 Å². The molecule has 0 aromatic rings. The van der Waals surface area contributed by atoms with E-state index in [9.17, 15) is 8.78 Å². The molecule has 0 radical (unpaired) electrons. The second-order valence-electron chi connectivity index (χ2n) is 6.18. The highest BCUT2D eigenvalue weighted by Gasteiger charge is 2.32. The SMILES string of the molecule is CC=CCCC1COC(C2CCC(C=C(F)F)CC2)OC1. The molecule has 120 valence electrons. The van der Waals surface area contributed by atoms with Gasteiger partial charge in [-0.2, -0.15) is 8.78 Å². The summed E-state index contributed by atoms with van der Waals surface area (Å²) in [5, 5.41) is 0. The zero-order valence-electron chi connectivity index (χ0n) is 12.8. The summed E-state index contributed by atoms with van der Waals surface area (Å²) in [4.78, 5) is 0. The van der Waals surface area contributed by atoms with Gasteiger partial charge in [-0.05, 0) is 57.4 Å². The summed E-state index contributed by atoms with van der Waals surface area (Å²) in [5.41, 5.74) is 0. The number of halogens is 2. The lowest BCUT2D eigenvalue weighted by Gasteiger charge is -2.37. The third kappa shape index (κ3) is 5.51. The van der Waals surface area contributed by atoms with Crippen molar-refractivity contribution in [2.45, 2.75) is 51.7 Å². The van der Waals surface area contributed by atoms with Crippen LogP contribution in [0.15, 0.2) is 24.3 Å². The van der Waals surface area contributed by atoms with Gasteiger partial charge in [0, 0.05) is 11.8 Å². The predicted molar refractivity (Wildman–Crippen MR) is 79.0 cm³/mol. The van der Waals surface area contributed by atoms with Crippen molar-refractivity contribution in [1.29, 1.82) is 0 Å². The van der Waals surface area contributed by atoms with E-state index in [4.69, 9.17) is 9.47 Å². The van der Waals surface area contributed by atoms with Crippen molar-refractivity contribution in [1.82, 2.24) is 0 Å². The summed E-state index contributed by atoms with van der Waals surface area (Å²) in [7, 11) is 0. The first kappa shape index (κ1) is 16.6. The summed E-state index contributed by atoms with van der Waals surface area (Å²) >= 11 is 0. The van der Waals surface area contributed by atoms with E-state index >= 15 is 0 Å². The molecule has 1 aliphatic heterocycles. The Morgan fingerprint density at radius 3 is 2.33 bits per heavy atom. The van der Waals surface area contributed by atoms with Gasteiger partial charge >= 0.3 is 0 Å². The van der Waals surface area contributed by atoms with E-state index < -0.39 is 6.08 Å². The van der Waals surface area contributed by atoms with Crippen LogP contribution < -0.4 is 0 Å². The standard InChI is InChI=1S/C17H26F2O2/c1-2-3-4-5-14-11-20-17(21-12-14)15-8-6-13(7-9-15)10-16(18)19/h2-3,10,13-15,17H,4-9,11-12H2,1H3. The minimum absolute atomic E-state index is 0.0309. The average Bonchev–Trinajstić information content (AvgIpc) is 2.49. The van der Waals surface area contributed by atoms with Gasteiger partial charge in [-0.3, -0.25) is 0 Å². The maximum Gasteiger partial charge on any atom is 0.266 e. The van der Waals surface area contributed by atoms with Crippen LogP contribution in [0.25, 0.3) is 0 Å². The Morgan fingerprint density at radius 1 is 1.10 bits per heavy atom. The maximum atomic E-state index is 12.2. The van der Waals surface area contributed by atoms with Crippen molar-refractivity contribution < 1.29 is 18.3 Å². The van der Waals surface area contributed by atoms with Crippen LogP contribution in [0.3, 0.4) is 0 Å². The second kappa shape index (κ2) is 8.64. The summed E-state index contributed by atoms with van der Waals surface area (Å²) in [6, 6.07) is 0. The van der Waals surface area contributed by atoms with Gasteiger partial charge in [-0.15, -0.1) is 0 Å². The molecule has 1 saturated heterocycles. The van der Waals surface area contributed by atoms with Crippen molar-refractivity contribution in [3.63, 3.8) is 0 Å². The van der Waals surface area contributed by atoms with Crippen LogP contribution in [-0.2, 0) is 9.47 Å². The van der Waals surface area contributed by atoms with Crippen molar-refractivity contribution in [2.24, 2.45) is 17.8 Å². The zero-order valence-corrected chi connectivity index (χ0v) is 12.8. The van der Waals surface area contributed by atoms with Gasteiger partial charge in [-0.25, -0.2) is 0 Å². The van der Waals surface area contributed by atoms with Gasteiger partial charge in [-0.1, -0.05) is 12.2 Å². The fourth-order valence-electron chi connectivity index (χ4n) is 3.26. The minimum atomic E-state index is -1.55. The van der Waals surface area contributed by atoms with Gasteiger partial charge in [0.2, 0.25) is 0 Å². The second-order valence-corrected chi connectivity index (χ2v) is 6.18. The molecule has 0 unspecified atom stereocenters. The van der Waals surface area contributed by atoms with E-state index in [0.717, 1.165) is 57.8 Å². The molecule has 2 rings (SSSR count). The Bertz CT molecular complexity index is 348. The number of rotatable bonds is 5. The smallest absolute Gasteiger partial charge is 0.266 e. The van der Waals surface area contributed by atoms with Crippen LogP contribution in [-0.4, -0.2) is 19.5 Å². The molecule has 0 amide bonds. The third-order valence-electron chi connectivity index (χ3n) is 4.53. The van der Waals surface area contributed by atoms with Gasteiger partial charge in [0.1, 0.15) is 0 Å². The number of hydrogen-bond acceptors (Lipinski definition) is 2. The van der Waals surface area contributed by atoms with Crippen LogP contribution in [0, 0.1) is 17.8 Å². The number of allylic oxidation sites excluding steroid dienone is 3. The fraction of sp³-hybridized carbons (Fsp3) is 0.765. The van der Waals surface area contributed by atoms with E-state index in [0.29, 0.717) is 11.8 Å². The van der Waals surface area contributed by atoms with Crippen molar-refractivity contribution >= 4 is 0 Å². The molecule has 1 aliphatic carbocycles. The maximum absolute atomic E-state index is 12.2. The third-order valence-corrected chi connectivity index (χ3v) is 4.53. The summed E-state index contributed by atoms with van der Waals surface area (Å²) in [6.45, 7) is 3.56. The molecule has 0 aromatic heterocycles. The largest absolute Gasteiger partial charge is 0.352 e. The molecule has 0 bridgehead atoms. The van der Waals surface area contributed by atoms with E-state index in [2.05, 4.69) is 12.2 Å². The number of hydrogen-bond donors (Lipinski definition) is 0. The Labute approximate surface area is 126 Å². The first-order valence-corrected chi connectivity index (χ1v) is 8.06. The van der Waals surface area contributed by atoms with Crippen molar-refractivity contribution in [2.75, 3.05) is 13.2 Å². The molecule has 0 aromatic carbocycles. The molecule has 2 aliphatic rings. The first-order chi connectivity index (χ1) is 10.2. The van der Waals surface area contributed by atoms with E-state index in [-0.39, 0.29) is 12.2 Å². The highest BCUT2D eigenvalue weighted by Crippen LogP contribution is 2.35. The molecule has 2 fully saturated rings. The molecule has 4 heteroatoms. The van der Waals surface area contributed by atoms with Crippen molar-refractivity contribution in [3.8, 4) is 0 Å². The van der Waals surface area contributed by atoms with Gasteiger partial charge in [0.05, 0.1) is 13.2 Å². The topological polar surface area (TPSA) is 18.5 Å². The van der Waals surface area contributed by atoms with Crippen LogP contribution in [0.4, 0.5) is 8.78 Å². The summed E-state index contributed by atoms with van der Waals surface area (Å²) in [5.74, 6) is 0.884. The Balaban J connectivity index is 1.68. The van der Waals surface area contributed by atoms with Gasteiger partial charge in [0.15, 0.2) is 6.29 Å². The molecular formula is C17H26F2O2. The van der Waals surface area contributed by atoms with Gasteiger partial charge < -0.3 is 9.47 Å². The molecule has 0 atom stereocenters. The van der Waals surface area contributed by atoms with E-state index in [1.54, 1.807) is 0 Å². The molecule has 1 saturated carbocycles. The van der Waals surface area contributed by atoms with Crippen LogP contribution >= 0.6 is 0 Å². The highest BCUT2D eigenvalue weighted by molar-refractivity contribution is 4.91. The summed E-state index contributed by atoms with van der Waals surface area (Å²) in [6.07, 6.45) is 9.32. The van der Waals surface area contributed by atoms with Crippen LogP contribution in [0.2, 0.25) is 0 Å². The lowest BCUT2D eigenvalue weighted by atomic mass is 9.81. The molecule has 21 heavy (non-hydrogen) atoms. The molecule has 0 spiro atoms. The normalized spacial score (nSPS) is 34.0. The Kier molecular flexibility index (Phi) is 6.84. The van der Waals surface area contributed by atoms with E-state index in [1.165, 1.54) is 0 Å². The Morgan fingerprint density at radius 2 is 1.76 bits per heavy atom. The molecular weight excluding hydrogens is 274 g/mol. The highest BCUT2D eigenvalue weighted by atomic mass is 19.3. The zero-order chi connectivity index (χ0) is 15.1. The fourth-order valence-corrected chi connectivity index (χ4v) is 3.26. The summed E-state index contributed by atoms with van der Waals surface area (Å²) < 4.78 is 36.2. The minimum Gasteiger partial charge on any atom is -0.352 e. The lowest BCUT2D eigenvalue weighted by molar-refractivity contribution is -0.229. The molecule has 0 N–H and O–H groups in total. The lowest BCUT2D eigenvalue weighted by Crippen LogP contribution is -2.38. The monoisotopic (exact) mass is 300 g/mol. The van der Waals surface area contributed by atoms with Crippen LogP contribution in [0.1, 0.15) is 45.4 Å². The molecule has 1 heterocycles. The predicted octanol–water partition coefficient (Wildman–Crippen LogP) is 4.92. The number of ether oxygens (including phenoxy) is 2. The molecule has 2 nitrogen and oxygen atoms in total.